The Morgan fingerprint density at radius 3 is 2.92 bits per heavy atom. The van der Waals surface area contributed by atoms with Crippen LogP contribution in [0.3, 0.4) is 0 Å². The largest absolute Gasteiger partial charge is 0.388 e. The molecule has 0 aromatic heterocycles. The Hall–Kier alpha value is -0.890. The van der Waals surface area contributed by atoms with Gasteiger partial charge in [0, 0.05) is 0 Å². The minimum absolute atomic E-state index is 0.0517. The molecule has 2 heteroatoms. The first kappa shape index (κ1) is 10.2. The maximum atomic E-state index is 11.4. The minimum Gasteiger partial charge on any atom is -0.388 e. The van der Waals surface area contributed by atoms with Gasteiger partial charge in [-0.3, -0.25) is 4.79 Å². The lowest BCUT2D eigenvalue weighted by molar-refractivity contribution is -0.119. The van der Waals surface area contributed by atoms with Gasteiger partial charge in [-0.05, 0) is 24.5 Å². The quantitative estimate of drug-likeness (QED) is 0.670. The lowest BCUT2D eigenvalue weighted by atomic mass is 9.96. The molecular formula is C11H16O2. The van der Waals surface area contributed by atoms with Crippen molar-refractivity contribution >= 4 is 5.78 Å². The van der Waals surface area contributed by atoms with E-state index >= 15 is 0 Å². The topological polar surface area (TPSA) is 37.3 Å². The van der Waals surface area contributed by atoms with E-state index in [9.17, 15) is 9.90 Å². The first-order valence-corrected chi connectivity index (χ1v) is 4.74. The van der Waals surface area contributed by atoms with E-state index in [1.165, 1.54) is 0 Å². The average Bonchev–Trinajstić information content (AvgIpc) is 2.34. The van der Waals surface area contributed by atoms with Crippen molar-refractivity contribution in [3.63, 3.8) is 0 Å². The molecule has 13 heavy (non-hydrogen) atoms. The minimum atomic E-state index is -0.564. The van der Waals surface area contributed by atoms with Crippen LogP contribution in [0.25, 0.3) is 0 Å². The van der Waals surface area contributed by atoms with E-state index in [0.29, 0.717) is 6.42 Å². The maximum Gasteiger partial charge on any atom is 0.162 e. The molecule has 1 aliphatic carbocycles. The molecule has 2 atom stereocenters. The van der Waals surface area contributed by atoms with Gasteiger partial charge in [0.1, 0.15) is 0 Å². The highest BCUT2D eigenvalue weighted by Crippen LogP contribution is 2.28. The van der Waals surface area contributed by atoms with Crippen molar-refractivity contribution in [1.82, 2.24) is 0 Å². The van der Waals surface area contributed by atoms with Crippen LogP contribution in [0.4, 0.5) is 0 Å². The number of carbonyl (C=O) groups is 1. The fraction of sp³-hybridized carbons (Fsp3) is 0.545. The summed E-state index contributed by atoms with van der Waals surface area (Å²) >= 11 is 0. The molecule has 72 valence electrons. The molecule has 1 rings (SSSR count). The van der Waals surface area contributed by atoms with Gasteiger partial charge in [-0.2, -0.15) is 0 Å². The summed E-state index contributed by atoms with van der Waals surface area (Å²) in [5.74, 6) is -0.213. The molecule has 0 radical (unpaired) electrons. The third-order valence-electron chi connectivity index (χ3n) is 2.41. The summed E-state index contributed by atoms with van der Waals surface area (Å²) in [5.41, 5.74) is 0.888. The number of aliphatic hydroxyl groups excluding tert-OH is 1. The van der Waals surface area contributed by atoms with Gasteiger partial charge in [0.15, 0.2) is 5.78 Å². The number of carbonyl (C=O) groups excluding carboxylic acids is 1. The van der Waals surface area contributed by atoms with Crippen LogP contribution in [0, 0.1) is 5.92 Å². The maximum absolute atomic E-state index is 11.4. The van der Waals surface area contributed by atoms with Crippen molar-refractivity contribution in [1.29, 1.82) is 0 Å². The Balaban J connectivity index is 2.67. The highest BCUT2D eigenvalue weighted by molar-refractivity contribution is 5.96. The van der Waals surface area contributed by atoms with Crippen LogP contribution in [-0.4, -0.2) is 17.0 Å². The average molecular weight is 180 g/mol. The van der Waals surface area contributed by atoms with Gasteiger partial charge in [-0.25, -0.2) is 0 Å². The monoisotopic (exact) mass is 180 g/mol. The smallest absolute Gasteiger partial charge is 0.162 e. The predicted molar refractivity (Wildman–Crippen MR) is 52.3 cm³/mol. The lowest BCUT2D eigenvalue weighted by Gasteiger charge is -2.14. The molecule has 0 heterocycles. The van der Waals surface area contributed by atoms with E-state index in [1.54, 1.807) is 12.2 Å². The van der Waals surface area contributed by atoms with Crippen LogP contribution < -0.4 is 0 Å². The number of hydrogen-bond acceptors (Lipinski definition) is 2. The van der Waals surface area contributed by atoms with Gasteiger partial charge in [0.2, 0.25) is 0 Å². The Kier molecular flexibility index (Phi) is 3.43. The van der Waals surface area contributed by atoms with E-state index in [1.807, 2.05) is 6.92 Å². The Morgan fingerprint density at radius 2 is 2.38 bits per heavy atom. The van der Waals surface area contributed by atoms with E-state index in [2.05, 4.69) is 6.58 Å². The molecule has 2 nitrogen and oxygen atoms in total. The zero-order valence-electron chi connectivity index (χ0n) is 7.99. The summed E-state index contributed by atoms with van der Waals surface area (Å²) in [6.07, 6.45) is 5.09. The molecule has 0 aliphatic heterocycles. The highest BCUT2D eigenvalue weighted by Gasteiger charge is 2.32. The Bertz CT molecular complexity index is 240. The molecule has 0 unspecified atom stereocenters. The van der Waals surface area contributed by atoms with Crippen molar-refractivity contribution in [2.75, 3.05) is 0 Å². The predicted octanol–water partition coefficient (Wildman–Crippen LogP) is 1.85. The summed E-state index contributed by atoms with van der Waals surface area (Å²) < 4.78 is 0. The van der Waals surface area contributed by atoms with Crippen molar-refractivity contribution in [3.8, 4) is 0 Å². The third kappa shape index (κ3) is 2.07. The van der Waals surface area contributed by atoms with Crippen LogP contribution in [0.2, 0.25) is 0 Å². The molecule has 0 fully saturated rings. The van der Waals surface area contributed by atoms with E-state index in [-0.39, 0.29) is 11.7 Å². The number of aliphatic hydroxyl groups is 1. The Morgan fingerprint density at radius 1 is 1.69 bits per heavy atom. The summed E-state index contributed by atoms with van der Waals surface area (Å²) in [6, 6.07) is 0. The number of allylic oxidation sites excluding steroid dienone is 2. The second-order valence-electron chi connectivity index (χ2n) is 3.45. The third-order valence-corrected chi connectivity index (χ3v) is 2.41. The molecule has 0 spiro atoms. The molecule has 0 saturated carbocycles. The molecule has 0 aromatic carbocycles. The fourth-order valence-electron chi connectivity index (χ4n) is 1.72. The highest BCUT2D eigenvalue weighted by atomic mass is 16.3. The van der Waals surface area contributed by atoms with Crippen LogP contribution in [0.15, 0.2) is 24.3 Å². The zero-order valence-corrected chi connectivity index (χ0v) is 7.99. The second kappa shape index (κ2) is 4.38. The van der Waals surface area contributed by atoms with E-state index < -0.39 is 6.10 Å². The van der Waals surface area contributed by atoms with Crippen molar-refractivity contribution in [2.24, 2.45) is 5.92 Å². The first-order chi connectivity index (χ1) is 6.20. The van der Waals surface area contributed by atoms with Gasteiger partial charge in [-0.15, -0.1) is 6.58 Å². The van der Waals surface area contributed by atoms with E-state index in [0.717, 1.165) is 18.4 Å². The lowest BCUT2D eigenvalue weighted by Crippen LogP contribution is -2.21. The van der Waals surface area contributed by atoms with Crippen LogP contribution in [0.5, 0.6) is 0 Å². The summed E-state index contributed by atoms with van der Waals surface area (Å²) in [7, 11) is 0. The first-order valence-electron chi connectivity index (χ1n) is 4.74. The number of rotatable bonds is 4. The number of hydrogen-bond donors (Lipinski definition) is 1. The summed E-state index contributed by atoms with van der Waals surface area (Å²) in [6.45, 7) is 5.62. The summed E-state index contributed by atoms with van der Waals surface area (Å²) in [4.78, 5) is 11.4. The van der Waals surface area contributed by atoms with Gasteiger partial charge < -0.3 is 5.11 Å². The summed E-state index contributed by atoms with van der Waals surface area (Å²) in [5, 5.41) is 9.74. The van der Waals surface area contributed by atoms with Crippen LogP contribution >= 0.6 is 0 Å². The molecule has 0 aromatic rings. The van der Waals surface area contributed by atoms with Gasteiger partial charge >= 0.3 is 0 Å². The fourth-order valence-corrected chi connectivity index (χ4v) is 1.72. The second-order valence-corrected chi connectivity index (χ2v) is 3.45. The molecule has 0 bridgehead atoms. The van der Waals surface area contributed by atoms with Crippen LogP contribution in [-0.2, 0) is 4.79 Å². The molecular weight excluding hydrogens is 164 g/mol. The Labute approximate surface area is 79.0 Å². The molecule has 0 saturated heterocycles. The van der Waals surface area contributed by atoms with Gasteiger partial charge in [0.05, 0.1) is 12.0 Å². The molecule has 0 amide bonds. The van der Waals surface area contributed by atoms with Crippen molar-refractivity contribution < 1.29 is 9.90 Å². The van der Waals surface area contributed by atoms with E-state index in [4.69, 9.17) is 0 Å². The SMILES string of the molecule is C=CC[C@@H]1C(=O)C=C(CCC)[C@H]1O. The molecule has 1 aliphatic rings. The van der Waals surface area contributed by atoms with Gasteiger partial charge in [-0.1, -0.05) is 19.4 Å². The standard InChI is InChI=1S/C11H16O2/c1-3-5-8-7-10(12)9(6-4-2)11(8)13/h4,7,9,11,13H,2-3,5-6H2,1H3/t9-,11-/m1/s1. The molecule has 1 N–H and O–H groups in total. The van der Waals surface area contributed by atoms with Crippen molar-refractivity contribution in [2.45, 2.75) is 32.3 Å². The van der Waals surface area contributed by atoms with Crippen LogP contribution in [0.1, 0.15) is 26.2 Å². The van der Waals surface area contributed by atoms with Crippen molar-refractivity contribution in [3.05, 3.63) is 24.3 Å². The number of ketones is 1. The zero-order chi connectivity index (χ0) is 9.84. The van der Waals surface area contributed by atoms with Gasteiger partial charge in [0.25, 0.3) is 0 Å². The normalized spacial score (nSPS) is 27.5.